The van der Waals surface area contributed by atoms with E-state index in [2.05, 4.69) is 14.9 Å². The third kappa shape index (κ3) is 3.64. The Labute approximate surface area is 135 Å². The second-order valence-electron chi connectivity index (χ2n) is 5.85. The van der Waals surface area contributed by atoms with Crippen LogP contribution in [-0.2, 0) is 9.53 Å². The van der Waals surface area contributed by atoms with Crippen molar-refractivity contribution >= 4 is 17.7 Å². The Morgan fingerprint density at radius 3 is 2.96 bits per heavy atom. The first kappa shape index (κ1) is 15.8. The van der Waals surface area contributed by atoms with Crippen LogP contribution < -0.4 is 15.4 Å². The van der Waals surface area contributed by atoms with E-state index in [0.29, 0.717) is 25.6 Å². The smallest absolute Gasteiger partial charge is 0.228 e. The summed E-state index contributed by atoms with van der Waals surface area (Å²) in [5.41, 5.74) is 5.73. The van der Waals surface area contributed by atoms with Gasteiger partial charge in [0.05, 0.1) is 19.6 Å². The van der Waals surface area contributed by atoms with Crippen LogP contribution in [0.3, 0.4) is 0 Å². The number of anilines is 2. The van der Waals surface area contributed by atoms with Crippen molar-refractivity contribution in [2.45, 2.75) is 12.8 Å². The number of nitrogen functional groups attached to an aromatic ring is 1. The average Bonchev–Trinajstić information content (AvgIpc) is 2.98. The van der Waals surface area contributed by atoms with Gasteiger partial charge in [0.2, 0.25) is 17.7 Å². The fourth-order valence-electron chi connectivity index (χ4n) is 3.05. The fourth-order valence-corrected chi connectivity index (χ4v) is 3.05. The summed E-state index contributed by atoms with van der Waals surface area (Å²) in [5.74, 6) is 1.63. The number of ether oxygens (including phenoxy) is 2. The van der Waals surface area contributed by atoms with E-state index in [1.165, 1.54) is 0 Å². The van der Waals surface area contributed by atoms with Gasteiger partial charge in [-0.15, -0.1) is 0 Å². The normalized spacial score (nSPS) is 22.0. The number of rotatable bonds is 3. The summed E-state index contributed by atoms with van der Waals surface area (Å²) in [6.07, 6.45) is 1.73. The van der Waals surface area contributed by atoms with Crippen molar-refractivity contribution < 1.29 is 14.3 Å². The predicted octanol–water partition coefficient (Wildman–Crippen LogP) is 0.143. The van der Waals surface area contributed by atoms with Crippen LogP contribution >= 0.6 is 0 Å². The molecule has 1 atom stereocenters. The van der Waals surface area contributed by atoms with Crippen LogP contribution in [0, 0.1) is 5.92 Å². The Hall–Kier alpha value is -2.09. The maximum absolute atomic E-state index is 12.5. The molecule has 0 radical (unpaired) electrons. The number of nitrogens with two attached hydrogens (primary N) is 1. The third-order valence-corrected chi connectivity index (χ3v) is 4.33. The fraction of sp³-hybridized carbons (Fsp3) is 0.667. The van der Waals surface area contributed by atoms with Gasteiger partial charge in [-0.05, 0) is 12.8 Å². The molecule has 0 aromatic carbocycles. The minimum absolute atomic E-state index is 0.0244. The molecular formula is C15H23N5O3. The first-order valence-electron chi connectivity index (χ1n) is 7.97. The molecular weight excluding hydrogens is 298 g/mol. The van der Waals surface area contributed by atoms with Gasteiger partial charge in [-0.25, -0.2) is 0 Å². The van der Waals surface area contributed by atoms with Crippen LogP contribution in [0.5, 0.6) is 5.88 Å². The number of carbonyl (C=O) groups is 1. The van der Waals surface area contributed by atoms with Crippen LogP contribution in [0.1, 0.15) is 12.8 Å². The number of aromatic nitrogens is 2. The van der Waals surface area contributed by atoms with Crippen LogP contribution in [0.2, 0.25) is 0 Å². The van der Waals surface area contributed by atoms with Crippen molar-refractivity contribution in [2.75, 3.05) is 57.1 Å². The van der Waals surface area contributed by atoms with Crippen molar-refractivity contribution in [1.29, 1.82) is 0 Å². The molecule has 2 saturated heterocycles. The second-order valence-corrected chi connectivity index (χ2v) is 5.85. The van der Waals surface area contributed by atoms with Gasteiger partial charge in [0.1, 0.15) is 5.82 Å². The van der Waals surface area contributed by atoms with Crippen LogP contribution in [-0.4, -0.2) is 67.3 Å². The van der Waals surface area contributed by atoms with E-state index in [4.69, 9.17) is 15.2 Å². The number of hydrogen-bond acceptors (Lipinski definition) is 7. The van der Waals surface area contributed by atoms with Gasteiger partial charge in [0.25, 0.3) is 0 Å². The number of amides is 1. The van der Waals surface area contributed by atoms with Gasteiger partial charge >= 0.3 is 0 Å². The SMILES string of the molecule is COc1cc(N2CCCN(C(=O)C3CCOC3)CC2)nc(N)n1. The molecule has 2 aliphatic heterocycles. The van der Waals surface area contributed by atoms with E-state index >= 15 is 0 Å². The molecule has 2 fully saturated rings. The van der Waals surface area contributed by atoms with Crippen LogP contribution in [0.25, 0.3) is 0 Å². The molecule has 0 aliphatic carbocycles. The van der Waals surface area contributed by atoms with E-state index in [1.54, 1.807) is 13.2 Å². The lowest BCUT2D eigenvalue weighted by molar-refractivity contribution is -0.135. The highest BCUT2D eigenvalue weighted by atomic mass is 16.5. The molecule has 3 rings (SSSR count). The molecule has 23 heavy (non-hydrogen) atoms. The maximum atomic E-state index is 12.5. The minimum atomic E-state index is 0.0244. The quantitative estimate of drug-likeness (QED) is 0.846. The molecule has 1 unspecified atom stereocenters. The molecule has 1 aromatic rings. The van der Waals surface area contributed by atoms with E-state index < -0.39 is 0 Å². The van der Waals surface area contributed by atoms with Gasteiger partial charge < -0.3 is 25.0 Å². The Morgan fingerprint density at radius 1 is 1.35 bits per heavy atom. The third-order valence-electron chi connectivity index (χ3n) is 4.33. The lowest BCUT2D eigenvalue weighted by atomic mass is 10.1. The van der Waals surface area contributed by atoms with Gasteiger partial charge in [-0.3, -0.25) is 4.79 Å². The van der Waals surface area contributed by atoms with E-state index in [-0.39, 0.29) is 17.8 Å². The second kappa shape index (κ2) is 6.99. The highest BCUT2D eigenvalue weighted by Gasteiger charge is 2.29. The summed E-state index contributed by atoms with van der Waals surface area (Å²) in [7, 11) is 1.55. The highest BCUT2D eigenvalue weighted by molar-refractivity contribution is 5.79. The number of hydrogen-bond donors (Lipinski definition) is 1. The molecule has 0 saturated carbocycles. The van der Waals surface area contributed by atoms with Crippen LogP contribution in [0.15, 0.2) is 6.07 Å². The Kier molecular flexibility index (Phi) is 4.80. The molecule has 1 amide bonds. The molecule has 8 nitrogen and oxygen atoms in total. The summed E-state index contributed by atoms with van der Waals surface area (Å²) in [6, 6.07) is 1.78. The average molecular weight is 321 g/mol. The lowest BCUT2D eigenvalue weighted by Crippen LogP contribution is -2.39. The molecule has 0 spiro atoms. The summed E-state index contributed by atoms with van der Waals surface area (Å²) >= 11 is 0. The number of methoxy groups -OCH3 is 1. The standard InChI is InChI=1S/C15H23N5O3/c1-22-13-9-12(17-15(16)18-13)19-4-2-5-20(7-6-19)14(21)11-3-8-23-10-11/h9,11H,2-8,10H2,1H3,(H2,16,17,18). The number of nitrogens with zero attached hydrogens (tertiary/aromatic N) is 4. The topological polar surface area (TPSA) is 93.8 Å². The van der Waals surface area contributed by atoms with Gasteiger partial charge in [0.15, 0.2) is 0 Å². The Bertz CT molecular complexity index is 562. The molecule has 2 N–H and O–H groups in total. The molecule has 3 heterocycles. The van der Waals surface area contributed by atoms with Crippen molar-refractivity contribution in [3.05, 3.63) is 6.07 Å². The molecule has 2 aliphatic rings. The van der Waals surface area contributed by atoms with Crippen molar-refractivity contribution in [2.24, 2.45) is 5.92 Å². The molecule has 0 bridgehead atoms. The van der Waals surface area contributed by atoms with Crippen LogP contribution in [0.4, 0.5) is 11.8 Å². The highest BCUT2D eigenvalue weighted by Crippen LogP contribution is 2.21. The van der Waals surface area contributed by atoms with E-state index in [1.807, 2.05) is 4.90 Å². The zero-order valence-electron chi connectivity index (χ0n) is 13.4. The zero-order valence-corrected chi connectivity index (χ0v) is 13.4. The summed E-state index contributed by atoms with van der Waals surface area (Å²) in [5, 5.41) is 0. The van der Waals surface area contributed by atoms with Crippen molar-refractivity contribution in [1.82, 2.24) is 14.9 Å². The Balaban J connectivity index is 1.66. The maximum Gasteiger partial charge on any atom is 0.228 e. The van der Waals surface area contributed by atoms with E-state index in [0.717, 1.165) is 38.3 Å². The zero-order chi connectivity index (χ0) is 16.2. The van der Waals surface area contributed by atoms with Gasteiger partial charge in [-0.2, -0.15) is 9.97 Å². The first-order chi connectivity index (χ1) is 11.2. The largest absolute Gasteiger partial charge is 0.481 e. The lowest BCUT2D eigenvalue weighted by Gasteiger charge is -2.24. The summed E-state index contributed by atoms with van der Waals surface area (Å²) in [4.78, 5) is 24.9. The molecule has 8 heteroatoms. The summed E-state index contributed by atoms with van der Waals surface area (Å²) in [6.45, 7) is 4.24. The van der Waals surface area contributed by atoms with E-state index in [9.17, 15) is 4.79 Å². The summed E-state index contributed by atoms with van der Waals surface area (Å²) < 4.78 is 10.5. The number of carbonyl (C=O) groups excluding carboxylic acids is 1. The van der Waals surface area contributed by atoms with Crippen molar-refractivity contribution in [3.8, 4) is 5.88 Å². The first-order valence-corrected chi connectivity index (χ1v) is 7.97. The molecule has 126 valence electrons. The van der Waals surface area contributed by atoms with Gasteiger partial charge in [0, 0.05) is 38.9 Å². The monoisotopic (exact) mass is 321 g/mol. The minimum Gasteiger partial charge on any atom is -0.481 e. The van der Waals surface area contributed by atoms with Crippen molar-refractivity contribution in [3.63, 3.8) is 0 Å². The molecule has 1 aromatic heterocycles. The Morgan fingerprint density at radius 2 is 2.22 bits per heavy atom. The van der Waals surface area contributed by atoms with Gasteiger partial charge in [-0.1, -0.05) is 0 Å². The predicted molar refractivity (Wildman–Crippen MR) is 85.3 cm³/mol.